The van der Waals surface area contributed by atoms with Gasteiger partial charge in [-0.05, 0) is 36.8 Å². The molecule has 1 amide bonds. The summed E-state index contributed by atoms with van der Waals surface area (Å²) >= 11 is 1.62. The molecule has 3 aromatic rings. The number of carbonyl (C=O) groups excluding carboxylic acids is 1. The van der Waals surface area contributed by atoms with E-state index in [4.69, 9.17) is 0 Å². The number of hydrogen-bond acceptors (Lipinski definition) is 4. The predicted molar refractivity (Wildman–Crippen MR) is 113 cm³/mol. The molecule has 1 N–H and O–H groups in total. The Bertz CT molecular complexity index is 954. The second kappa shape index (κ2) is 8.19. The lowest BCUT2D eigenvalue weighted by Crippen LogP contribution is -2.25. The lowest BCUT2D eigenvalue weighted by atomic mass is 9.92. The van der Waals surface area contributed by atoms with Crippen LogP contribution in [0, 0.1) is 6.92 Å². The Kier molecular flexibility index (Phi) is 5.89. The Labute approximate surface area is 170 Å². The van der Waals surface area contributed by atoms with E-state index in [2.05, 4.69) is 67.4 Å². The second-order valence-electron chi connectivity index (χ2n) is 7.89. The molecule has 2 heterocycles. The Morgan fingerprint density at radius 1 is 1.14 bits per heavy atom. The average molecular weight is 395 g/mol. The van der Waals surface area contributed by atoms with Crippen LogP contribution in [0.5, 0.6) is 0 Å². The largest absolute Gasteiger partial charge is 0.347 e. The molecule has 0 bridgehead atoms. The van der Waals surface area contributed by atoms with Crippen LogP contribution < -0.4 is 5.32 Å². The third-order valence-corrected chi connectivity index (χ3v) is 5.33. The van der Waals surface area contributed by atoms with Gasteiger partial charge in [-0.15, -0.1) is 0 Å². The summed E-state index contributed by atoms with van der Waals surface area (Å²) in [5.74, 6) is -0.136. The average Bonchev–Trinajstić information content (AvgIpc) is 3.05. The van der Waals surface area contributed by atoms with E-state index in [1.165, 1.54) is 5.56 Å². The van der Waals surface area contributed by atoms with E-state index >= 15 is 0 Å². The fraction of sp³-hybridized carbons (Fsp3) is 0.318. The number of rotatable bonds is 5. The number of pyridine rings is 1. The maximum absolute atomic E-state index is 12.5. The maximum atomic E-state index is 12.5. The van der Waals surface area contributed by atoms with Crippen molar-refractivity contribution < 1.29 is 4.79 Å². The molecule has 6 heteroatoms. The van der Waals surface area contributed by atoms with Gasteiger partial charge in [0.2, 0.25) is 0 Å². The van der Waals surface area contributed by atoms with Gasteiger partial charge in [-0.3, -0.25) is 9.48 Å². The molecule has 0 atom stereocenters. The zero-order valence-corrected chi connectivity index (χ0v) is 17.8. The molecule has 0 radical (unpaired) electrons. The lowest BCUT2D eigenvalue weighted by Gasteiger charge is -2.13. The van der Waals surface area contributed by atoms with Crippen LogP contribution in [-0.4, -0.2) is 20.7 Å². The first kappa shape index (κ1) is 20.1. The van der Waals surface area contributed by atoms with Crippen LogP contribution in [0.3, 0.4) is 0 Å². The van der Waals surface area contributed by atoms with Crippen LogP contribution in [0.1, 0.15) is 48.1 Å². The highest BCUT2D eigenvalue weighted by Gasteiger charge is 2.21. The van der Waals surface area contributed by atoms with Gasteiger partial charge in [0, 0.05) is 30.1 Å². The van der Waals surface area contributed by atoms with Gasteiger partial charge in [0.15, 0.2) is 0 Å². The van der Waals surface area contributed by atoms with Crippen molar-refractivity contribution >= 4 is 17.7 Å². The van der Waals surface area contributed by atoms with Gasteiger partial charge >= 0.3 is 0 Å². The highest BCUT2D eigenvalue weighted by molar-refractivity contribution is 7.99. The van der Waals surface area contributed by atoms with Crippen LogP contribution >= 0.6 is 11.8 Å². The molecule has 2 aromatic heterocycles. The van der Waals surface area contributed by atoms with E-state index in [1.807, 2.05) is 18.2 Å². The quantitative estimate of drug-likeness (QED) is 0.692. The second-order valence-corrected chi connectivity index (χ2v) is 8.98. The highest BCUT2D eigenvalue weighted by Crippen LogP contribution is 2.26. The van der Waals surface area contributed by atoms with Crippen molar-refractivity contribution in [2.45, 2.75) is 49.6 Å². The smallest absolute Gasteiger partial charge is 0.269 e. The molecule has 0 saturated carbocycles. The summed E-state index contributed by atoms with van der Waals surface area (Å²) in [5.41, 5.74) is 3.57. The lowest BCUT2D eigenvalue weighted by molar-refractivity contribution is 0.0941. The predicted octanol–water partition coefficient (Wildman–Crippen LogP) is 4.50. The molecule has 0 unspecified atom stereocenters. The van der Waals surface area contributed by atoms with Crippen LogP contribution in [0.4, 0.5) is 0 Å². The SMILES string of the molecule is Cc1ccc(Sc2ccc(CNC(=O)c3cc(C(C)(C)C)nn3C)cn2)cc1. The number of aryl methyl sites for hydroxylation is 2. The van der Waals surface area contributed by atoms with Gasteiger partial charge in [-0.25, -0.2) is 4.98 Å². The first-order valence-corrected chi connectivity index (χ1v) is 10.1. The summed E-state index contributed by atoms with van der Waals surface area (Å²) in [4.78, 5) is 18.2. The number of nitrogens with one attached hydrogen (secondary N) is 1. The fourth-order valence-corrected chi connectivity index (χ4v) is 3.38. The highest BCUT2D eigenvalue weighted by atomic mass is 32.2. The van der Waals surface area contributed by atoms with Crippen molar-refractivity contribution in [1.29, 1.82) is 0 Å². The first-order chi connectivity index (χ1) is 13.2. The van der Waals surface area contributed by atoms with E-state index in [-0.39, 0.29) is 11.3 Å². The summed E-state index contributed by atoms with van der Waals surface area (Å²) < 4.78 is 1.63. The van der Waals surface area contributed by atoms with E-state index < -0.39 is 0 Å². The van der Waals surface area contributed by atoms with E-state index in [0.29, 0.717) is 12.2 Å². The van der Waals surface area contributed by atoms with Gasteiger partial charge in [0.25, 0.3) is 5.91 Å². The standard InChI is InChI=1S/C22H26N4OS/c1-15-6-9-17(10-7-15)28-20-11-8-16(13-23-20)14-24-21(27)18-12-19(22(2,3)4)25-26(18)5/h6-13H,14H2,1-5H3,(H,24,27). The van der Waals surface area contributed by atoms with Crippen LogP contribution in [0.2, 0.25) is 0 Å². The van der Waals surface area contributed by atoms with Crippen LogP contribution in [-0.2, 0) is 19.0 Å². The number of aromatic nitrogens is 3. The van der Waals surface area contributed by atoms with Gasteiger partial charge < -0.3 is 5.32 Å². The minimum absolute atomic E-state index is 0.0921. The Morgan fingerprint density at radius 2 is 1.86 bits per heavy atom. The monoisotopic (exact) mass is 394 g/mol. The number of hydrogen-bond donors (Lipinski definition) is 1. The molecule has 3 rings (SSSR count). The fourth-order valence-electron chi connectivity index (χ4n) is 2.62. The molecule has 1 aromatic carbocycles. The maximum Gasteiger partial charge on any atom is 0.269 e. The first-order valence-electron chi connectivity index (χ1n) is 9.24. The van der Waals surface area contributed by atoms with Crippen molar-refractivity contribution in [3.05, 3.63) is 71.2 Å². The van der Waals surface area contributed by atoms with Crippen molar-refractivity contribution in [3.63, 3.8) is 0 Å². The normalized spacial score (nSPS) is 11.5. The minimum atomic E-state index is -0.136. The van der Waals surface area contributed by atoms with Crippen LogP contribution in [0.15, 0.2) is 58.6 Å². The van der Waals surface area contributed by atoms with Gasteiger partial charge in [-0.2, -0.15) is 5.10 Å². The molecule has 28 heavy (non-hydrogen) atoms. The zero-order chi connectivity index (χ0) is 20.3. The van der Waals surface area contributed by atoms with Crippen molar-refractivity contribution in [2.75, 3.05) is 0 Å². The molecule has 0 saturated heterocycles. The number of benzene rings is 1. The molecule has 0 aliphatic rings. The Morgan fingerprint density at radius 3 is 2.43 bits per heavy atom. The molecule has 5 nitrogen and oxygen atoms in total. The topological polar surface area (TPSA) is 59.8 Å². The summed E-state index contributed by atoms with van der Waals surface area (Å²) in [6.07, 6.45) is 1.81. The molecule has 0 aliphatic heterocycles. The number of amides is 1. The minimum Gasteiger partial charge on any atom is -0.347 e. The van der Waals surface area contributed by atoms with Gasteiger partial charge in [0.05, 0.1) is 5.69 Å². The molecule has 146 valence electrons. The summed E-state index contributed by atoms with van der Waals surface area (Å²) in [6, 6.07) is 14.2. The number of nitrogens with zero attached hydrogens (tertiary/aromatic N) is 3. The molecule has 0 fully saturated rings. The Hall–Kier alpha value is -2.60. The van der Waals surface area contributed by atoms with Crippen LogP contribution in [0.25, 0.3) is 0 Å². The van der Waals surface area contributed by atoms with Crippen molar-refractivity contribution in [2.24, 2.45) is 7.05 Å². The van der Waals surface area contributed by atoms with E-state index in [0.717, 1.165) is 21.2 Å². The van der Waals surface area contributed by atoms with E-state index in [9.17, 15) is 4.79 Å². The van der Waals surface area contributed by atoms with Crippen molar-refractivity contribution in [3.8, 4) is 0 Å². The number of carbonyl (C=O) groups is 1. The third-order valence-electron chi connectivity index (χ3n) is 4.37. The summed E-state index contributed by atoms with van der Waals surface area (Å²) in [6.45, 7) is 8.75. The molecular formula is C22H26N4OS. The summed E-state index contributed by atoms with van der Waals surface area (Å²) in [7, 11) is 1.79. The van der Waals surface area contributed by atoms with Gasteiger partial charge in [-0.1, -0.05) is 56.3 Å². The van der Waals surface area contributed by atoms with Crippen molar-refractivity contribution in [1.82, 2.24) is 20.1 Å². The third kappa shape index (κ3) is 5.01. The summed E-state index contributed by atoms with van der Waals surface area (Å²) in [5, 5.41) is 8.34. The van der Waals surface area contributed by atoms with Gasteiger partial charge in [0.1, 0.15) is 10.7 Å². The van der Waals surface area contributed by atoms with E-state index in [1.54, 1.807) is 29.7 Å². The molecular weight excluding hydrogens is 368 g/mol. The molecule has 0 spiro atoms. The molecule has 0 aliphatic carbocycles. The Balaban J connectivity index is 1.59. The zero-order valence-electron chi connectivity index (χ0n) is 17.0.